The van der Waals surface area contributed by atoms with E-state index in [0.717, 1.165) is 42.4 Å². The molecule has 1 heterocycles. The molecule has 2 aromatic rings. The number of benzene rings is 2. The monoisotopic (exact) mass is 500 g/mol. The van der Waals surface area contributed by atoms with Crippen LogP contribution < -0.4 is 4.52 Å². The van der Waals surface area contributed by atoms with Crippen LogP contribution in [0.1, 0.15) is 157 Å². The number of hydrogen-bond acceptors (Lipinski definition) is 2. The third kappa shape index (κ3) is 5.94. The summed E-state index contributed by atoms with van der Waals surface area (Å²) < 4.78 is 27.1. The first kappa shape index (κ1) is 28.1. The third-order valence-electron chi connectivity index (χ3n) is 8.57. The third-order valence-corrected chi connectivity index (χ3v) is 9.22. The van der Waals surface area contributed by atoms with Crippen molar-refractivity contribution in [1.82, 2.24) is 0 Å². The van der Waals surface area contributed by atoms with E-state index in [1.165, 1.54) is 22.3 Å². The highest BCUT2D eigenvalue weighted by molar-refractivity contribution is 7.41. The van der Waals surface area contributed by atoms with Gasteiger partial charge in [-0.2, -0.15) is 0 Å². The van der Waals surface area contributed by atoms with Crippen molar-refractivity contribution in [2.75, 3.05) is 0 Å². The highest BCUT2D eigenvalue weighted by Crippen LogP contribution is 2.52. The molecule has 0 N–H and O–H groups in total. The molecule has 3 rings (SSSR count). The van der Waals surface area contributed by atoms with Crippen molar-refractivity contribution in [3.8, 4) is 5.75 Å². The first-order valence-electron chi connectivity index (χ1n) is 13.8. The summed E-state index contributed by atoms with van der Waals surface area (Å²) in [6.45, 7) is 20.5. The molecule has 2 nitrogen and oxygen atoms in total. The molecular weight excluding hydrogens is 454 g/mol. The van der Waals surface area contributed by atoms with Crippen molar-refractivity contribution in [2.45, 2.75) is 124 Å². The van der Waals surface area contributed by atoms with Gasteiger partial charge in [0.1, 0.15) is 5.75 Å². The lowest BCUT2D eigenvalue weighted by Crippen LogP contribution is -2.11. The van der Waals surface area contributed by atoms with Crippen molar-refractivity contribution < 1.29 is 13.2 Å². The van der Waals surface area contributed by atoms with Gasteiger partial charge >= 0.3 is 8.69 Å². The van der Waals surface area contributed by atoms with E-state index >= 15 is 4.20 Å². The molecule has 1 aliphatic rings. The van der Waals surface area contributed by atoms with Crippen LogP contribution in [0.25, 0.3) is 0 Å². The Morgan fingerprint density at radius 1 is 0.771 bits per heavy atom. The molecule has 0 saturated carbocycles. The van der Waals surface area contributed by atoms with Crippen LogP contribution >= 0.6 is 8.69 Å². The van der Waals surface area contributed by atoms with Crippen LogP contribution in [0.4, 0.5) is 4.20 Å². The van der Waals surface area contributed by atoms with Crippen LogP contribution in [0.15, 0.2) is 24.3 Å². The van der Waals surface area contributed by atoms with Gasteiger partial charge in [-0.05, 0) is 82.7 Å². The van der Waals surface area contributed by atoms with Gasteiger partial charge in [0, 0.05) is 11.5 Å². The zero-order valence-electron chi connectivity index (χ0n) is 23.4. The lowest BCUT2D eigenvalue weighted by Gasteiger charge is -2.27. The Morgan fingerprint density at radius 2 is 1.26 bits per heavy atom. The summed E-state index contributed by atoms with van der Waals surface area (Å²) in [5.74, 6) is 2.37. The topological polar surface area (TPSA) is 18.5 Å². The number of hydrogen-bond donors (Lipinski definition) is 0. The van der Waals surface area contributed by atoms with Crippen LogP contribution in [0.5, 0.6) is 5.75 Å². The Balaban J connectivity index is 2.36. The molecule has 0 saturated heterocycles. The highest BCUT2D eigenvalue weighted by Gasteiger charge is 2.30. The second-order valence-electron chi connectivity index (χ2n) is 10.7. The van der Waals surface area contributed by atoms with E-state index in [-0.39, 0.29) is 18.4 Å². The predicted octanol–water partition coefficient (Wildman–Crippen LogP) is 11.0. The standard InChI is InChI=1S/C31H46FO2P/c1-10-19(5)24-14-26(21(7)12-3)30-18-33-35(32)34-31-27(22(8)13-4)15-25(20(6)11-2)17-29(31)23(9)28(30)16-24/h14-17,19-23H,10-13,18H2,1-9H3. The van der Waals surface area contributed by atoms with E-state index in [2.05, 4.69) is 86.6 Å². The molecule has 6 atom stereocenters. The summed E-state index contributed by atoms with van der Waals surface area (Å²) in [7, 11) is -2.52. The van der Waals surface area contributed by atoms with Gasteiger partial charge in [0.2, 0.25) is 0 Å². The zero-order chi connectivity index (χ0) is 25.9. The molecule has 1 aliphatic heterocycles. The van der Waals surface area contributed by atoms with Gasteiger partial charge in [-0.15, -0.1) is 4.20 Å². The Kier molecular flexibility index (Phi) is 9.81. The van der Waals surface area contributed by atoms with Gasteiger partial charge in [-0.25, -0.2) is 0 Å². The first-order chi connectivity index (χ1) is 16.7. The summed E-state index contributed by atoms with van der Waals surface area (Å²) in [6.07, 6.45) is 4.18. The van der Waals surface area contributed by atoms with Crippen LogP contribution in [-0.4, -0.2) is 0 Å². The molecule has 0 amide bonds. The molecule has 2 aromatic carbocycles. The predicted molar refractivity (Wildman–Crippen MR) is 149 cm³/mol. The minimum Gasteiger partial charge on any atom is -0.423 e. The molecule has 0 aliphatic carbocycles. The maximum atomic E-state index is 15.3. The van der Waals surface area contributed by atoms with Crippen LogP contribution in [-0.2, 0) is 11.1 Å². The van der Waals surface area contributed by atoms with Gasteiger partial charge in [0.15, 0.2) is 0 Å². The maximum absolute atomic E-state index is 15.3. The van der Waals surface area contributed by atoms with Crippen LogP contribution in [0.2, 0.25) is 0 Å². The number of halogens is 1. The van der Waals surface area contributed by atoms with Crippen molar-refractivity contribution in [3.05, 3.63) is 63.2 Å². The largest absolute Gasteiger partial charge is 0.439 e. The van der Waals surface area contributed by atoms with E-state index in [0.29, 0.717) is 23.5 Å². The SMILES string of the molecule is CCC(C)c1cc(C(C)CC)c2c(c1)C(C)c1cc(C(C)CC)cc(C(C)CC)c1OP(F)OC2. The molecular formula is C31H46FO2P. The van der Waals surface area contributed by atoms with Crippen molar-refractivity contribution in [1.29, 1.82) is 0 Å². The minimum atomic E-state index is -2.52. The minimum absolute atomic E-state index is 0.0868. The molecule has 0 radical (unpaired) electrons. The summed E-state index contributed by atoms with van der Waals surface area (Å²) in [4.78, 5) is 0. The molecule has 6 unspecified atom stereocenters. The zero-order valence-corrected chi connectivity index (χ0v) is 24.3. The fourth-order valence-electron chi connectivity index (χ4n) is 5.09. The normalized spacial score (nSPS) is 21.4. The van der Waals surface area contributed by atoms with Gasteiger partial charge in [-0.3, -0.25) is 4.52 Å². The second kappa shape index (κ2) is 12.2. The molecule has 4 heteroatoms. The number of rotatable bonds is 8. The Labute approximate surface area is 215 Å². The Morgan fingerprint density at radius 3 is 1.80 bits per heavy atom. The lowest BCUT2D eigenvalue weighted by atomic mass is 9.78. The van der Waals surface area contributed by atoms with E-state index in [4.69, 9.17) is 9.05 Å². The second-order valence-corrected chi connectivity index (χ2v) is 11.6. The summed E-state index contributed by atoms with van der Waals surface area (Å²) in [5, 5.41) is 0. The average molecular weight is 501 g/mol. The molecule has 0 spiro atoms. The smallest absolute Gasteiger partial charge is 0.423 e. The molecule has 0 fully saturated rings. The van der Waals surface area contributed by atoms with E-state index < -0.39 is 8.69 Å². The van der Waals surface area contributed by atoms with E-state index in [1.54, 1.807) is 0 Å². The van der Waals surface area contributed by atoms with Crippen molar-refractivity contribution in [3.63, 3.8) is 0 Å². The summed E-state index contributed by atoms with van der Waals surface area (Å²) in [6, 6.07) is 9.28. The molecule has 0 bridgehead atoms. The average Bonchev–Trinajstić information content (AvgIpc) is 2.93. The van der Waals surface area contributed by atoms with Gasteiger partial charge in [0.25, 0.3) is 0 Å². The number of fused-ring (bicyclic) bond motifs is 2. The van der Waals surface area contributed by atoms with Gasteiger partial charge in [-0.1, -0.05) is 86.6 Å². The van der Waals surface area contributed by atoms with Crippen molar-refractivity contribution >= 4 is 8.69 Å². The molecule has 0 aromatic heterocycles. The fraction of sp³-hybridized carbons (Fsp3) is 0.613. The van der Waals surface area contributed by atoms with Crippen molar-refractivity contribution in [2.24, 2.45) is 0 Å². The van der Waals surface area contributed by atoms with E-state index in [1.807, 2.05) is 0 Å². The van der Waals surface area contributed by atoms with Gasteiger partial charge in [0.05, 0.1) is 6.61 Å². The van der Waals surface area contributed by atoms with Gasteiger partial charge < -0.3 is 4.52 Å². The fourth-order valence-corrected chi connectivity index (χ4v) is 5.72. The first-order valence-corrected chi connectivity index (χ1v) is 14.8. The maximum Gasteiger partial charge on any atom is 0.439 e. The van der Waals surface area contributed by atoms with Crippen LogP contribution in [0, 0.1) is 0 Å². The Hall–Kier alpha value is -1.44. The molecule has 194 valence electrons. The lowest BCUT2D eigenvalue weighted by molar-refractivity contribution is 0.275. The molecule has 35 heavy (non-hydrogen) atoms. The highest BCUT2D eigenvalue weighted by atomic mass is 31.2. The van der Waals surface area contributed by atoms with E-state index in [9.17, 15) is 0 Å². The Bertz CT molecular complexity index is 1000. The van der Waals surface area contributed by atoms with Crippen LogP contribution in [0.3, 0.4) is 0 Å². The quantitative estimate of drug-likeness (QED) is 0.336. The summed E-state index contributed by atoms with van der Waals surface area (Å²) in [5.41, 5.74) is 8.64. The summed E-state index contributed by atoms with van der Waals surface area (Å²) >= 11 is 0.